The first-order valence-corrected chi connectivity index (χ1v) is 4.45. The van der Waals surface area contributed by atoms with Crippen molar-refractivity contribution in [2.24, 2.45) is 12.8 Å². The quantitative estimate of drug-likeness (QED) is 0.779. The van der Waals surface area contributed by atoms with E-state index in [9.17, 15) is 18.4 Å². The summed E-state index contributed by atoms with van der Waals surface area (Å²) in [5, 5.41) is 3.40. The van der Waals surface area contributed by atoms with Gasteiger partial charge in [-0.2, -0.15) is 5.10 Å². The highest BCUT2D eigenvalue weighted by atomic mass is 19.3. The van der Waals surface area contributed by atoms with Crippen LogP contribution < -0.4 is 5.73 Å². The number of amides is 1. The molecule has 0 bridgehead atoms. The van der Waals surface area contributed by atoms with Gasteiger partial charge in [-0.15, -0.1) is 0 Å². The lowest BCUT2D eigenvalue weighted by Crippen LogP contribution is -2.12. The summed E-state index contributed by atoms with van der Waals surface area (Å²) < 4.78 is 29.5. The zero-order valence-corrected chi connectivity index (χ0v) is 9.61. The lowest BCUT2D eigenvalue weighted by atomic mass is 10.2. The number of nitrogens with two attached hydrogens (primary N) is 1. The molecule has 0 radical (unpaired) electrons. The van der Waals surface area contributed by atoms with Gasteiger partial charge in [0, 0.05) is 20.2 Å². The summed E-state index contributed by atoms with van der Waals surface area (Å²) in [6.45, 7) is 1.36. The lowest BCUT2D eigenvalue weighted by Gasteiger charge is -1.94. The highest BCUT2D eigenvalue weighted by Gasteiger charge is 2.20. The van der Waals surface area contributed by atoms with Gasteiger partial charge in [-0.3, -0.25) is 14.3 Å². The summed E-state index contributed by atoms with van der Waals surface area (Å²) in [6.07, 6.45) is -1.60. The van der Waals surface area contributed by atoms with E-state index in [-0.39, 0.29) is 11.5 Å². The first kappa shape index (κ1) is 15.0. The van der Waals surface area contributed by atoms with Crippen molar-refractivity contribution in [2.75, 3.05) is 7.11 Å². The molecule has 1 aromatic heterocycles. The predicted octanol–water partition coefficient (Wildman–Crippen LogP) is 0.636. The van der Waals surface area contributed by atoms with Gasteiger partial charge in [-0.1, -0.05) is 0 Å². The Morgan fingerprint density at radius 1 is 1.53 bits per heavy atom. The number of carbonyl (C=O) groups is 2. The molecule has 1 heterocycles. The zero-order chi connectivity index (χ0) is 13.6. The third kappa shape index (κ3) is 5.05. The Bertz CT molecular complexity index is 404. The number of alkyl halides is 2. The summed E-state index contributed by atoms with van der Waals surface area (Å²) in [6, 6.07) is 0. The fourth-order valence-electron chi connectivity index (χ4n) is 0.857. The second-order valence-electron chi connectivity index (χ2n) is 2.96. The third-order valence-corrected chi connectivity index (χ3v) is 1.62. The zero-order valence-electron chi connectivity index (χ0n) is 9.61. The van der Waals surface area contributed by atoms with Gasteiger partial charge < -0.3 is 10.5 Å². The Balaban J connectivity index is 0.000000437. The summed E-state index contributed by atoms with van der Waals surface area (Å²) in [4.78, 5) is 20.2. The molecule has 96 valence electrons. The minimum Gasteiger partial charge on any atom is -0.469 e. The maximum absolute atomic E-state index is 12.1. The largest absolute Gasteiger partial charge is 0.469 e. The van der Waals surface area contributed by atoms with Crippen LogP contribution in [0.25, 0.3) is 0 Å². The van der Waals surface area contributed by atoms with Crippen LogP contribution in [0.1, 0.15) is 29.4 Å². The van der Waals surface area contributed by atoms with Crippen LogP contribution in [0.3, 0.4) is 0 Å². The van der Waals surface area contributed by atoms with Gasteiger partial charge in [-0.05, 0) is 0 Å². The number of hydrogen-bond acceptors (Lipinski definition) is 4. The molecule has 0 saturated carbocycles. The molecule has 0 fully saturated rings. The molecule has 2 N–H and O–H groups in total. The van der Waals surface area contributed by atoms with Crippen molar-refractivity contribution in [3.05, 3.63) is 17.5 Å². The molecular weight excluding hydrogens is 236 g/mol. The number of aromatic nitrogens is 2. The van der Waals surface area contributed by atoms with Gasteiger partial charge in [0.1, 0.15) is 5.69 Å². The minimum absolute atomic E-state index is 0.229. The van der Waals surface area contributed by atoms with Crippen molar-refractivity contribution in [3.8, 4) is 0 Å². The standard InChI is InChI=1S/C6H7F2N3O.C3H6O2/c1-11-2-3(6(9)12)4(10-11)5(7)8;1-3(4)5-2/h2,5H,1H3,(H2,9,12);1-2H3. The smallest absolute Gasteiger partial charge is 0.302 e. The Morgan fingerprint density at radius 3 is 2.24 bits per heavy atom. The fraction of sp³-hybridized carbons (Fsp3) is 0.444. The van der Waals surface area contributed by atoms with Crippen LogP contribution in [0.5, 0.6) is 0 Å². The average Bonchev–Trinajstić information content (AvgIpc) is 2.61. The van der Waals surface area contributed by atoms with E-state index in [0.717, 1.165) is 4.68 Å². The number of primary amides is 1. The molecule has 0 atom stereocenters. The molecule has 0 unspecified atom stereocenters. The van der Waals surface area contributed by atoms with Crippen LogP contribution in [-0.4, -0.2) is 28.8 Å². The number of halogens is 2. The maximum Gasteiger partial charge on any atom is 0.302 e. The van der Waals surface area contributed by atoms with Crippen molar-refractivity contribution in [1.29, 1.82) is 0 Å². The van der Waals surface area contributed by atoms with Crippen LogP contribution >= 0.6 is 0 Å². The Morgan fingerprint density at radius 2 is 2.00 bits per heavy atom. The van der Waals surface area contributed by atoms with Gasteiger partial charge in [0.05, 0.1) is 12.7 Å². The van der Waals surface area contributed by atoms with Gasteiger partial charge in [0.2, 0.25) is 0 Å². The van der Waals surface area contributed by atoms with Crippen molar-refractivity contribution in [3.63, 3.8) is 0 Å². The average molecular weight is 249 g/mol. The second-order valence-corrected chi connectivity index (χ2v) is 2.96. The molecule has 1 amide bonds. The Kier molecular flexibility index (Phi) is 5.79. The first-order valence-electron chi connectivity index (χ1n) is 4.45. The number of rotatable bonds is 2. The molecule has 0 aliphatic carbocycles. The molecule has 1 rings (SSSR count). The highest BCUT2D eigenvalue weighted by Crippen LogP contribution is 2.20. The second kappa shape index (κ2) is 6.56. The van der Waals surface area contributed by atoms with E-state index in [4.69, 9.17) is 5.73 Å². The monoisotopic (exact) mass is 249 g/mol. The molecule has 17 heavy (non-hydrogen) atoms. The molecule has 0 saturated heterocycles. The van der Waals surface area contributed by atoms with E-state index in [1.54, 1.807) is 0 Å². The molecule has 6 nitrogen and oxygen atoms in total. The fourth-order valence-corrected chi connectivity index (χ4v) is 0.857. The van der Waals surface area contributed by atoms with Crippen molar-refractivity contribution >= 4 is 11.9 Å². The minimum atomic E-state index is -2.77. The van der Waals surface area contributed by atoms with Crippen LogP contribution in [0.15, 0.2) is 6.20 Å². The van der Waals surface area contributed by atoms with Crippen LogP contribution in [0.4, 0.5) is 8.78 Å². The van der Waals surface area contributed by atoms with E-state index in [2.05, 4.69) is 9.84 Å². The summed E-state index contributed by atoms with van der Waals surface area (Å²) >= 11 is 0. The molecule has 0 spiro atoms. The third-order valence-electron chi connectivity index (χ3n) is 1.62. The van der Waals surface area contributed by atoms with Crippen LogP contribution in [0.2, 0.25) is 0 Å². The topological polar surface area (TPSA) is 87.2 Å². The molecule has 1 aromatic rings. The normalized spacial score (nSPS) is 9.53. The Hall–Kier alpha value is -1.99. The maximum atomic E-state index is 12.1. The van der Waals surface area contributed by atoms with Crippen LogP contribution in [0, 0.1) is 0 Å². The van der Waals surface area contributed by atoms with Crippen molar-refractivity contribution in [1.82, 2.24) is 9.78 Å². The van der Waals surface area contributed by atoms with E-state index < -0.39 is 18.0 Å². The predicted molar refractivity (Wildman–Crippen MR) is 54.4 cm³/mol. The summed E-state index contributed by atoms with van der Waals surface area (Å²) in [7, 11) is 2.79. The number of methoxy groups -OCH3 is 1. The number of carbonyl (C=O) groups excluding carboxylic acids is 2. The van der Waals surface area contributed by atoms with Crippen LogP contribution in [-0.2, 0) is 16.6 Å². The molecule has 8 heteroatoms. The molecular formula is C9H13F2N3O3. The van der Waals surface area contributed by atoms with Gasteiger partial charge in [-0.25, -0.2) is 8.78 Å². The molecule has 0 aliphatic rings. The Labute approximate surface area is 96.3 Å². The van der Waals surface area contributed by atoms with E-state index in [0.29, 0.717) is 0 Å². The first-order chi connectivity index (χ1) is 7.79. The number of hydrogen-bond donors (Lipinski definition) is 1. The summed E-state index contributed by atoms with van der Waals surface area (Å²) in [5.41, 5.74) is 4.05. The van der Waals surface area contributed by atoms with Gasteiger partial charge in [0.15, 0.2) is 0 Å². The van der Waals surface area contributed by atoms with Crippen molar-refractivity contribution in [2.45, 2.75) is 13.3 Å². The van der Waals surface area contributed by atoms with Crippen molar-refractivity contribution < 1.29 is 23.1 Å². The molecule has 0 aliphatic heterocycles. The summed E-state index contributed by atoms with van der Waals surface area (Å²) in [5.74, 6) is -1.14. The lowest BCUT2D eigenvalue weighted by molar-refractivity contribution is -0.137. The highest BCUT2D eigenvalue weighted by molar-refractivity contribution is 5.93. The van der Waals surface area contributed by atoms with E-state index >= 15 is 0 Å². The number of esters is 1. The SMILES string of the molecule is COC(C)=O.Cn1cc(C(N)=O)c(C(F)F)n1. The van der Waals surface area contributed by atoms with Gasteiger partial charge >= 0.3 is 5.97 Å². The number of nitrogens with zero attached hydrogens (tertiary/aromatic N) is 2. The van der Waals surface area contributed by atoms with E-state index in [1.165, 1.54) is 27.3 Å². The number of ether oxygens (including phenoxy) is 1. The molecule has 0 aromatic carbocycles. The number of aryl methyl sites for hydroxylation is 1. The van der Waals surface area contributed by atoms with Gasteiger partial charge in [0.25, 0.3) is 12.3 Å². The van der Waals surface area contributed by atoms with E-state index in [1.807, 2.05) is 0 Å².